The number of nitrogens with zero attached hydrogens (tertiary/aromatic N) is 1. The van der Waals surface area contributed by atoms with Crippen LogP contribution in [0, 0.1) is 13.8 Å². The number of carbonyl (C=O) groups is 1. The van der Waals surface area contributed by atoms with Crippen LogP contribution >= 0.6 is 28.1 Å². The fourth-order valence-electron chi connectivity index (χ4n) is 2.97. The highest BCUT2D eigenvalue weighted by atomic mass is 79.9. The summed E-state index contributed by atoms with van der Waals surface area (Å²) in [6.07, 6.45) is 0. The standard InChI is InChI=1S/C23H18BrN3O2S/c1-13-10-19-20(11-14(13)2)29-22(26-19)15-6-8-18(9-7-15)25-23(30)27-21(28)16-4-3-5-17(24)12-16/h3-12H,1-2H3,(H2,25,27,28,30). The van der Waals surface area contributed by atoms with Gasteiger partial charge < -0.3 is 9.73 Å². The molecule has 0 atom stereocenters. The van der Waals surface area contributed by atoms with E-state index in [9.17, 15) is 4.79 Å². The SMILES string of the molecule is Cc1cc2nc(-c3ccc(NC(=S)NC(=O)c4cccc(Br)c4)cc3)oc2cc1C. The summed E-state index contributed by atoms with van der Waals surface area (Å²) in [7, 11) is 0. The van der Waals surface area contributed by atoms with Gasteiger partial charge in [0, 0.05) is 21.3 Å². The maximum atomic E-state index is 12.3. The van der Waals surface area contributed by atoms with Gasteiger partial charge in [-0.25, -0.2) is 4.98 Å². The minimum absolute atomic E-state index is 0.223. The fraction of sp³-hybridized carbons (Fsp3) is 0.0870. The molecule has 2 N–H and O–H groups in total. The molecule has 150 valence electrons. The van der Waals surface area contributed by atoms with Crippen LogP contribution in [0.5, 0.6) is 0 Å². The van der Waals surface area contributed by atoms with E-state index in [0.717, 1.165) is 26.8 Å². The van der Waals surface area contributed by atoms with Crippen molar-refractivity contribution in [3.05, 3.63) is 81.8 Å². The first-order chi connectivity index (χ1) is 14.4. The number of nitrogens with one attached hydrogen (secondary N) is 2. The third kappa shape index (κ3) is 4.42. The van der Waals surface area contributed by atoms with Crippen molar-refractivity contribution in [2.75, 3.05) is 5.32 Å². The number of carbonyl (C=O) groups excluding carboxylic acids is 1. The van der Waals surface area contributed by atoms with Crippen molar-refractivity contribution in [2.45, 2.75) is 13.8 Å². The molecule has 0 bridgehead atoms. The summed E-state index contributed by atoms with van der Waals surface area (Å²) in [5, 5.41) is 5.91. The van der Waals surface area contributed by atoms with Gasteiger partial charge in [-0.15, -0.1) is 0 Å². The summed E-state index contributed by atoms with van der Waals surface area (Å²) in [6.45, 7) is 4.11. The summed E-state index contributed by atoms with van der Waals surface area (Å²) in [4.78, 5) is 16.9. The van der Waals surface area contributed by atoms with Gasteiger partial charge in [0.15, 0.2) is 10.7 Å². The average Bonchev–Trinajstić information content (AvgIpc) is 3.11. The molecule has 1 heterocycles. The third-order valence-corrected chi connectivity index (χ3v) is 5.40. The van der Waals surface area contributed by atoms with Crippen LogP contribution in [0.2, 0.25) is 0 Å². The number of hydrogen-bond donors (Lipinski definition) is 2. The molecule has 0 radical (unpaired) electrons. The van der Waals surface area contributed by atoms with E-state index in [2.05, 4.69) is 45.4 Å². The van der Waals surface area contributed by atoms with Crippen LogP contribution in [0.15, 0.2) is 69.6 Å². The number of rotatable bonds is 3. The van der Waals surface area contributed by atoms with Crippen LogP contribution in [-0.2, 0) is 0 Å². The summed E-state index contributed by atoms with van der Waals surface area (Å²) in [5.74, 6) is 0.287. The highest BCUT2D eigenvalue weighted by molar-refractivity contribution is 9.10. The summed E-state index contributed by atoms with van der Waals surface area (Å²) in [6, 6.07) is 18.6. The van der Waals surface area contributed by atoms with Crippen LogP contribution in [0.3, 0.4) is 0 Å². The van der Waals surface area contributed by atoms with E-state index in [1.54, 1.807) is 18.2 Å². The molecule has 0 aliphatic rings. The van der Waals surface area contributed by atoms with E-state index in [-0.39, 0.29) is 11.0 Å². The van der Waals surface area contributed by atoms with Crippen molar-refractivity contribution in [2.24, 2.45) is 0 Å². The number of anilines is 1. The van der Waals surface area contributed by atoms with Crippen molar-refractivity contribution in [1.29, 1.82) is 0 Å². The Balaban J connectivity index is 1.44. The maximum Gasteiger partial charge on any atom is 0.257 e. The molecular weight excluding hydrogens is 462 g/mol. The number of aromatic nitrogens is 1. The fourth-order valence-corrected chi connectivity index (χ4v) is 3.58. The van der Waals surface area contributed by atoms with Gasteiger partial charge in [0.1, 0.15) is 5.52 Å². The number of fused-ring (bicyclic) bond motifs is 1. The van der Waals surface area contributed by atoms with Crippen LogP contribution < -0.4 is 10.6 Å². The van der Waals surface area contributed by atoms with Crippen LogP contribution in [0.4, 0.5) is 5.69 Å². The molecule has 0 aliphatic heterocycles. The lowest BCUT2D eigenvalue weighted by molar-refractivity contribution is 0.0977. The number of hydrogen-bond acceptors (Lipinski definition) is 4. The predicted molar refractivity (Wildman–Crippen MR) is 127 cm³/mol. The van der Waals surface area contributed by atoms with Crippen molar-refractivity contribution in [3.63, 3.8) is 0 Å². The van der Waals surface area contributed by atoms with Crippen LogP contribution in [-0.4, -0.2) is 16.0 Å². The summed E-state index contributed by atoms with van der Waals surface area (Å²) < 4.78 is 6.73. The minimum Gasteiger partial charge on any atom is -0.436 e. The van der Waals surface area contributed by atoms with Gasteiger partial charge in [0.2, 0.25) is 5.89 Å². The quantitative estimate of drug-likeness (QED) is 0.352. The van der Waals surface area contributed by atoms with E-state index in [1.807, 2.05) is 42.5 Å². The molecule has 4 aromatic rings. The van der Waals surface area contributed by atoms with Gasteiger partial charge in [-0.05, 0) is 91.8 Å². The molecule has 3 aromatic carbocycles. The van der Waals surface area contributed by atoms with Crippen molar-refractivity contribution < 1.29 is 9.21 Å². The third-order valence-electron chi connectivity index (χ3n) is 4.71. The Bertz CT molecular complexity index is 1230. The van der Waals surface area contributed by atoms with Crippen molar-refractivity contribution >= 4 is 56.0 Å². The van der Waals surface area contributed by atoms with Gasteiger partial charge in [-0.1, -0.05) is 22.0 Å². The Labute approximate surface area is 187 Å². The Hall–Kier alpha value is -3.03. The van der Waals surface area contributed by atoms with E-state index in [1.165, 1.54) is 11.1 Å². The molecular formula is C23H18BrN3O2S. The van der Waals surface area contributed by atoms with Crippen LogP contribution in [0.25, 0.3) is 22.6 Å². The molecule has 5 nitrogen and oxygen atoms in total. The Morgan fingerprint density at radius 3 is 2.50 bits per heavy atom. The molecule has 7 heteroatoms. The van der Waals surface area contributed by atoms with Gasteiger partial charge in [0.25, 0.3) is 5.91 Å². The number of benzene rings is 3. The molecule has 0 fully saturated rings. The van der Waals surface area contributed by atoms with E-state index in [4.69, 9.17) is 16.6 Å². The first kappa shape index (κ1) is 20.3. The Morgan fingerprint density at radius 2 is 1.77 bits per heavy atom. The lowest BCUT2D eigenvalue weighted by Gasteiger charge is -2.10. The molecule has 30 heavy (non-hydrogen) atoms. The number of amides is 1. The zero-order valence-electron chi connectivity index (χ0n) is 16.3. The highest BCUT2D eigenvalue weighted by Gasteiger charge is 2.11. The summed E-state index contributed by atoms with van der Waals surface area (Å²) >= 11 is 8.61. The molecule has 0 saturated carbocycles. The molecule has 4 rings (SSSR count). The number of halogens is 1. The van der Waals surface area contributed by atoms with Gasteiger partial charge in [-0.3, -0.25) is 10.1 Å². The Kier molecular flexibility index (Phi) is 5.65. The number of aryl methyl sites for hydroxylation is 2. The number of oxazole rings is 1. The minimum atomic E-state index is -0.275. The zero-order valence-corrected chi connectivity index (χ0v) is 18.7. The molecule has 0 unspecified atom stereocenters. The smallest absolute Gasteiger partial charge is 0.257 e. The molecule has 1 amide bonds. The maximum absolute atomic E-state index is 12.3. The summed E-state index contributed by atoms with van der Waals surface area (Å²) in [5.41, 5.74) is 6.09. The predicted octanol–water partition coefficient (Wildman–Crippen LogP) is 6.00. The first-order valence-corrected chi connectivity index (χ1v) is 10.5. The second kappa shape index (κ2) is 8.38. The number of thiocarbonyl (C=S) groups is 1. The van der Waals surface area contributed by atoms with Crippen LogP contribution in [0.1, 0.15) is 21.5 Å². The lowest BCUT2D eigenvalue weighted by atomic mass is 10.1. The van der Waals surface area contributed by atoms with Gasteiger partial charge >= 0.3 is 0 Å². The largest absolute Gasteiger partial charge is 0.436 e. The van der Waals surface area contributed by atoms with Gasteiger partial charge in [0.05, 0.1) is 0 Å². The van der Waals surface area contributed by atoms with E-state index >= 15 is 0 Å². The zero-order chi connectivity index (χ0) is 21.3. The van der Waals surface area contributed by atoms with E-state index in [0.29, 0.717) is 11.5 Å². The second-order valence-corrected chi connectivity index (χ2v) is 8.24. The lowest BCUT2D eigenvalue weighted by Crippen LogP contribution is -2.34. The molecule has 1 aromatic heterocycles. The van der Waals surface area contributed by atoms with Crippen molar-refractivity contribution in [1.82, 2.24) is 10.3 Å². The molecule has 0 aliphatic carbocycles. The average molecular weight is 480 g/mol. The first-order valence-electron chi connectivity index (χ1n) is 9.25. The highest BCUT2D eigenvalue weighted by Crippen LogP contribution is 2.27. The second-order valence-electron chi connectivity index (χ2n) is 6.92. The van der Waals surface area contributed by atoms with Crippen molar-refractivity contribution in [3.8, 4) is 11.5 Å². The molecule has 0 spiro atoms. The van der Waals surface area contributed by atoms with Gasteiger partial charge in [-0.2, -0.15) is 0 Å². The molecule has 0 saturated heterocycles. The normalized spacial score (nSPS) is 10.8. The van der Waals surface area contributed by atoms with E-state index < -0.39 is 0 Å². The topological polar surface area (TPSA) is 67.2 Å². The Morgan fingerprint density at radius 1 is 1.03 bits per heavy atom. The monoisotopic (exact) mass is 479 g/mol.